The second-order valence-electron chi connectivity index (χ2n) is 22.4. The van der Waals surface area contributed by atoms with Crippen LogP contribution in [0.5, 0.6) is 0 Å². The summed E-state index contributed by atoms with van der Waals surface area (Å²) in [5.74, 6) is -0.360. The molecule has 3 heterocycles. The maximum atomic E-state index is 12.6. The van der Waals surface area contributed by atoms with Gasteiger partial charge in [-0.15, -0.1) is 0 Å². The molecule has 18 heteroatoms. The Hall–Kier alpha value is -1.24. The number of rotatable bonds is 13. The van der Waals surface area contributed by atoms with Gasteiger partial charge in [0.2, 0.25) is 0 Å². The molecular weight excluding hydrogens is 865 g/mol. The zero-order chi connectivity index (χ0) is 48.6. The molecule has 3 saturated carbocycles. The van der Waals surface area contributed by atoms with Crippen LogP contribution in [0.15, 0.2) is 23.3 Å². The molecule has 66 heavy (non-hydrogen) atoms. The van der Waals surface area contributed by atoms with Gasteiger partial charge in [-0.2, -0.15) is 0 Å². The van der Waals surface area contributed by atoms with Crippen molar-refractivity contribution in [2.24, 2.45) is 39.4 Å². The van der Waals surface area contributed by atoms with Crippen LogP contribution in [0.3, 0.4) is 0 Å². The fourth-order valence-corrected chi connectivity index (χ4v) is 14.1. The molecule has 12 N–H and O–H groups in total. The lowest BCUT2D eigenvalue weighted by Crippen LogP contribution is -2.66. The summed E-state index contributed by atoms with van der Waals surface area (Å²) in [6, 6.07) is 0. The number of fused-ring (bicyclic) bond motifs is 5. The number of allylic oxidation sites excluding steroid dienone is 3. The molecule has 0 unspecified atom stereocenters. The molecule has 6 fully saturated rings. The predicted octanol–water partition coefficient (Wildman–Crippen LogP) is -0.107. The Morgan fingerprint density at radius 3 is 1.80 bits per heavy atom. The third-order valence-corrected chi connectivity index (χ3v) is 18.1. The van der Waals surface area contributed by atoms with E-state index in [0.29, 0.717) is 38.5 Å². The Labute approximate surface area is 388 Å². The minimum atomic E-state index is -1.80. The van der Waals surface area contributed by atoms with Gasteiger partial charge in [-0.1, -0.05) is 57.9 Å². The highest BCUT2D eigenvalue weighted by atomic mass is 16.8. The summed E-state index contributed by atoms with van der Waals surface area (Å²) in [4.78, 5) is 0. The fraction of sp³-hybridized carbons (Fsp3) is 0.917. The largest absolute Gasteiger partial charge is 0.394 e. The van der Waals surface area contributed by atoms with Crippen LogP contribution in [-0.2, 0) is 28.4 Å². The zero-order valence-electron chi connectivity index (χ0n) is 39.8. The number of hydrogen-bond donors (Lipinski definition) is 12. The molecule has 0 bridgehead atoms. The van der Waals surface area contributed by atoms with Gasteiger partial charge in [0.25, 0.3) is 0 Å². The highest BCUT2D eigenvalue weighted by Crippen LogP contribution is 2.75. The van der Waals surface area contributed by atoms with Gasteiger partial charge < -0.3 is 89.7 Å². The Morgan fingerprint density at radius 2 is 1.23 bits per heavy atom. The van der Waals surface area contributed by atoms with Crippen LogP contribution < -0.4 is 0 Å². The second kappa shape index (κ2) is 19.4. The molecule has 7 aliphatic rings. The molecular formula is C48H80O18. The minimum absolute atomic E-state index is 0.0347. The molecule has 0 aromatic carbocycles. The highest BCUT2D eigenvalue weighted by molar-refractivity contribution is 5.34. The van der Waals surface area contributed by atoms with Crippen LogP contribution in [0, 0.1) is 39.4 Å². The van der Waals surface area contributed by atoms with Gasteiger partial charge in [-0.25, -0.2) is 0 Å². The van der Waals surface area contributed by atoms with Crippen molar-refractivity contribution < 1.29 is 89.7 Å². The van der Waals surface area contributed by atoms with Gasteiger partial charge in [-0.05, 0) is 106 Å². The van der Waals surface area contributed by atoms with Crippen molar-refractivity contribution in [2.75, 3.05) is 19.8 Å². The van der Waals surface area contributed by atoms with Crippen molar-refractivity contribution in [3.63, 3.8) is 0 Å². The van der Waals surface area contributed by atoms with E-state index in [0.717, 1.165) is 24.0 Å². The van der Waals surface area contributed by atoms with Gasteiger partial charge >= 0.3 is 0 Å². The van der Waals surface area contributed by atoms with Crippen molar-refractivity contribution >= 4 is 0 Å². The Balaban J connectivity index is 1.15. The van der Waals surface area contributed by atoms with Crippen LogP contribution >= 0.6 is 0 Å². The van der Waals surface area contributed by atoms with E-state index in [2.05, 4.69) is 46.8 Å². The first-order valence-corrected chi connectivity index (χ1v) is 24.1. The lowest BCUT2D eigenvalue weighted by atomic mass is 9.37. The molecule has 3 aliphatic heterocycles. The zero-order valence-corrected chi connectivity index (χ0v) is 39.8. The van der Waals surface area contributed by atoms with Crippen LogP contribution in [-0.4, -0.2) is 191 Å². The lowest BCUT2D eigenvalue weighted by molar-refractivity contribution is -0.375. The molecule has 0 amide bonds. The van der Waals surface area contributed by atoms with Crippen molar-refractivity contribution in [3.8, 4) is 0 Å². The van der Waals surface area contributed by atoms with Crippen LogP contribution in [0.2, 0.25) is 0 Å². The Bertz CT molecular complexity index is 1740. The molecule has 18 nitrogen and oxygen atoms in total. The summed E-state index contributed by atoms with van der Waals surface area (Å²) >= 11 is 0. The molecule has 0 aromatic heterocycles. The van der Waals surface area contributed by atoms with Crippen molar-refractivity contribution in [1.29, 1.82) is 0 Å². The van der Waals surface area contributed by atoms with E-state index in [-0.39, 0.29) is 28.6 Å². The van der Waals surface area contributed by atoms with E-state index in [1.807, 2.05) is 20.8 Å². The first-order chi connectivity index (χ1) is 30.8. The average Bonchev–Trinajstić information content (AvgIpc) is 3.65. The first kappa shape index (κ1) is 52.6. The van der Waals surface area contributed by atoms with E-state index in [1.165, 1.54) is 0 Å². The van der Waals surface area contributed by atoms with E-state index in [9.17, 15) is 61.3 Å². The summed E-state index contributed by atoms with van der Waals surface area (Å²) in [7, 11) is 0. The average molecular weight is 945 g/mol. The molecule has 24 atom stereocenters. The quantitative estimate of drug-likeness (QED) is 0.107. The van der Waals surface area contributed by atoms with Crippen LogP contribution in [0.1, 0.15) is 107 Å². The second-order valence-corrected chi connectivity index (χ2v) is 22.4. The van der Waals surface area contributed by atoms with Gasteiger partial charge in [0.1, 0.15) is 73.2 Å². The topological polar surface area (TPSA) is 298 Å². The first-order valence-electron chi connectivity index (χ1n) is 24.1. The number of ether oxygens (including phenoxy) is 6. The summed E-state index contributed by atoms with van der Waals surface area (Å²) in [5, 5.41) is 129. The van der Waals surface area contributed by atoms with Crippen molar-refractivity contribution in [2.45, 2.75) is 217 Å². The summed E-state index contributed by atoms with van der Waals surface area (Å²) < 4.78 is 37.1. The van der Waals surface area contributed by atoms with Gasteiger partial charge in [0, 0.05) is 5.41 Å². The SMILES string of the molecule is CC(C)=CCC[C@](C)(O[C@@H]1O[C@H](CO)[C@@H](O)[C@H](O)[C@@H]1O)[C@@H]1CC[C@]2(C)[C@@H]1[C@H](O)C[C@@H]1[C@@]3(C)CC[C@H](O[C@@H]4O[C@H](CO)[C@@H](O)[C@H](O)[C@@H]4O[C@@H]4O[C@H](CO)[C@@H](O)[C@H](O)[C@H]4O)C(C)(C)C3=CC[C@]12C. The standard InChI is InChI=1S/C48H80O18/c1-22(2)10-9-14-48(8,66-42-39(60)36(57)33(54)26(20-50)62-42)23-11-16-47(7)31(23)24(52)18-29-45(5)15-13-30(44(3,4)28(45)12-17-46(29,47)6)64-43-40(37(58)34(55)27(21-51)63-43)65-41-38(59)35(56)32(53)25(19-49)61-41/h10,12,23-27,29-43,49-60H,9,11,13-21H2,1-8H3/t23-,24-,25-,26-,27-,29-,30+,31+,32-,33-,34-,35+,36+,37+,38-,39+,40+,41+,42+,43+,45+,46-,47-,48+/m1/s1. The van der Waals surface area contributed by atoms with E-state index < -0.39 is 141 Å². The maximum absolute atomic E-state index is 12.6. The van der Waals surface area contributed by atoms with E-state index >= 15 is 0 Å². The number of hydrogen-bond acceptors (Lipinski definition) is 18. The van der Waals surface area contributed by atoms with Crippen molar-refractivity contribution in [3.05, 3.63) is 23.3 Å². The Kier molecular flexibility index (Phi) is 15.5. The molecule has 0 radical (unpaired) electrons. The summed E-state index contributed by atoms with van der Waals surface area (Å²) in [5.41, 5.74) is -0.390. The minimum Gasteiger partial charge on any atom is -0.394 e. The van der Waals surface area contributed by atoms with Crippen LogP contribution in [0.25, 0.3) is 0 Å². The molecule has 7 rings (SSSR count). The Morgan fingerprint density at radius 1 is 0.682 bits per heavy atom. The highest BCUT2D eigenvalue weighted by Gasteiger charge is 2.71. The third-order valence-electron chi connectivity index (χ3n) is 18.1. The fourth-order valence-electron chi connectivity index (χ4n) is 14.1. The number of aliphatic hydroxyl groups is 12. The maximum Gasteiger partial charge on any atom is 0.187 e. The lowest BCUT2D eigenvalue weighted by Gasteiger charge is -2.68. The monoisotopic (exact) mass is 945 g/mol. The predicted molar refractivity (Wildman–Crippen MR) is 234 cm³/mol. The van der Waals surface area contributed by atoms with Gasteiger partial charge in [-0.3, -0.25) is 0 Å². The molecule has 380 valence electrons. The molecule has 3 saturated heterocycles. The molecule has 4 aliphatic carbocycles. The molecule has 0 spiro atoms. The smallest absolute Gasteiger partial charge is 0.187 e. The van der Waals surface area contributed by atoms with E-state index in [1.54, 1.807) is 0 Å². The number of aliphatic hydroxyl groups excluding tert-OH is 12. The normalized spacial score (nSPS) is 51.2. The van der Waals surface area contributed by atoms with Gasteiger partial charge in [0.15, 0.2) is 18.9 Å². The summed E-state index contributed by atoms with van der Waals surface area (Å²) in [6.45, 7) is 15.2. The van der Waals surface area contributed by atoms with E-state index in [4.69, 9.17) is 28.4 Å². The van der Waals surface area contributed by atoms with Crippen LogP contribution in [0.4, 0.5) is 0 Å². The summed E-state index contributed by atoms with van der Waals surface area (Å²) in [6.07, 6.45) is -14.6. The van der Waals surface area contributed by atoms with Gasteiger partial charge in [0.05, 0.1) is 37.6 Å². The third kappa shape index (κ3) is 8.71. The molecule has 0 aromatic rings. The van der Waals surface area contributed by atoms with Crippen molar-refractivity contribution in [1.82, 2.24) is 0 Å².